The first-order valence-corrected chi connectivity index (χ1v) is 7.05. The maximum atomic E-state index is 5.83. The van der Waals surface area contributed by atoms with Crippen LogP contribution in [0.4, 0.5) is 11.9 Å². The van der Waals surface area contributed by atoms with E-state index in [1.807, 2.05) is 0 Å². The molecule has 3 rings (SSSR count). The van der Waals surface area contributed by atoms with Crippen LogP contribution in [0.3, 0.4) is 0 Å². The predicted molar refractivity (Wildman–Crippen MR) is 80.3 cm³/mol. The Morgan fingerprint density at radius 3 is 2.76 bits per heavy atom. The van der Waals surface area contributed by atoms with Crippen molar-refractivity contribution in [2.45, 2.75) is 18.9 Å². The maximum Gasteiger partial charge on any atom is 0.241 e. The summed E-state index contributed by atoms with van der Waals surface area (Å²) >= 11 is 0. The molecule has 1 atom stereocenters. The monoisotopic (exact) mass is 288 g/mol. The van der Waals surface area contributed by atoms with Crippen LogP contribution in [0.2, 0.25) is 0 Å². The number of likely N-dealkylation sites (N-methyl/N-ethyl adjacent to an activating group) is 1. The standard InChI is InChI=1S/C13H20N8/c1-19(2)10-4-3-6-20(8-10)12-16-11(14)17-13(18-12)21-7-5-15-9-21/h5,7,9-10H,3-4,6,8H2,1-2H3,(H2,14,16,17,18). The van der Waals surface area contributed by atoms with Crippen molar-refractivity contribution >= 4 is 11.9 Å². The Labute approximate surface area is 123 Å². The van der Waals surface area contributed by atoms with E-state index in [4.69, 9.17) is 5.73 Å². The maximum absolute atomic E-state index is 5.83. The number of nitrogens with zero attached hydrogens (tertiary/aromatic N) is 7. The average molecular weight is 288 g/mol. The molecule has 0 aliphatic carbocycles. The van der Waals surface area contributed by atoms with Gasteiger partial charge in [-0.05, 0) is 26.9 Å². The molecule has 3 heterocycles. The smallest absolute Gasteiger partial charge is 0.241 e. The van der Waals surface area contributed by atoms with Crippen LogP contribution in [0.25, 0.3) is 5.95 Å². The van der Waals surface area contributed by atoms with Crippen LogP contribution in [0, 0.1) is 0 Å². The van der Waals surface area contributed by atoms with Crippen LogP contribution in [-0.2, 0) is 0 Å². The molecular formula is C13H20N8. The molecule has 1 fully saturated rings. The second-order valence-electron chi connectivity index (χ2n) is 5.47. The molecule has 8 nitrogen and oxygen atoms in total. The zero-order valence-corrected chi connectivity index (χ0v) is 12.3. The van der Waals surface area contributed by atoms with Crippen molar-refractivity contribution in [1.82, 2.24) is 29.4 Å². The Balaban J connectivity index is 1.88. The van der Waals surface area contributed by atoms with Gasteiger partial charge in [0, 0.05) is 31.5 Å². The number of imidazole rings is 1. The first-order valence-electron chi connectivity index (χ1n) is 7.05. The summed E-state index contributed by atoms with van der Waals surface area (Å²) in [5.74, 6) is 1.37. The highest BCUT2D eigenvalue weighted by molar-refractivity contribution is 5.38. The first kappa shape index (κ1) is 13.7. The van der Waals surface area contributed by atoms with Crippen molar-refractivity contribution in [1.29, 1.82) is 0 Å². The SMILES string of the molecule is CN(C)C1CCCN(c2nc(N)nc(-n3ccnc3)n2)C1. The van der Waals surface area contributed by atoms with Gasteiger partial charge in [-0.3, -0.25) is 4.57 Å². The Hall–Kier alpha value is -2.22. The molecule has 1 saturated heterocycles. The number of nitrogens with two attached hydrogens (primary N) is 1. The summed E-state index contributed by atoms with van der Waals surface area (Å²) in [7, 11) is 4.21. The van der Waals surface area contributed by atoms with Crippen molar-refractivity contribution in [3.8, 4) is 5.95 Å². The number of hydrogen-bond donors (Lipinski definition) is 1. The fourth-order valence-electron chi connectivity index (χ4n) is 2.56. The Kier molecular flexibility index (Phi) is 3.70. The molecule has 1 aliphatic heterocycles. The first-order chi connectivity index (χ1) is 10.1. The van der Waals surface area contributed by atoms with Crippen LogP contribution in [-0.4, -0.2) is 62.6 Å². The zero-order chi connectivity index (χ0) is 14.8. The normalized spacial score (nSPS) is 19.2. The Morgan fingerprint density at radius 1 is 1.24 bits per heavy atom. The van der Waals surface area contributed by atoms with Crippen LogP contribution in [0.5, 0.6) is 0 Å². The van der Waals surface area contributed by atoms with E-state index in [-0.39, 0.29) is 5.95 Å². The van der Waals surface area contributed by atoms with Crippen LogP contribution in [0.1, 0.15) is 12.8 Å². The minimum atomic E-state index is 0.232. The van der Waals surface area contributed by atoms with Gasteiger partial charge in [0.1, 0.15) is 6.33 Å². The van der Waals surface area contributed by atoms with Crippen LogP contribution >= 0.6 is 0 Å². The van der Waals surface area contributed by atoms with E-state index < -0.39 is 0 Å². The molecule has 2 aromatic rings. The molecule has 0 radical (unpaired) electrons. The highest BCUT2D eigenvalue weighted by Gasteiger charge is 2.24. The van der Waals surface area contributed by atoms with Crippen molar-refractivity contribution < 1.29 is 0 Å². The van der Waals surface area contributed by atoms with Gasteiger partial charge < -0.3 is 15.5 Å². The zero-order valence-electron chi connectivity index (χ0n) is 12.3. The van der Waals surface area contributed by atoms with E-state index in [0.29, 0.717) is 17.9 Å². The molecule has 0 spiro atoms. The van der Waals surface area contributed by atoms with Crippen molar-refractivity contribution in [3.63, 3.8) is 0 Å². The molecule has 21 heavy (non-hydrogen) atoms. The molecule has 0 bridgehead atoms. The van der Waals surface area contributed by atoms with Crippen molar-refractivity contribution in [3.05, 3.63) is 18.7 Å². The third kappa shape index (κ3) is 2.94. The molecule has 8 heteroatoms. The number of anilines is 2. The molecule has 0 amide bonds. The molecular weight excluding hydrogens is 268 g/mol. The highest BCUT2D eigenvalue weighted by Crippen LogP contribution is 2.19. The van der Waals surface area contributed by atoms with Gasteiger partial charge in [0.05, 0.1) is 0 Å². The van der Waals surface area contributed by atoms with Gasteiger partial charge in [-0.2, -0.15) is 15.0 Å². The minimum Gasteiger partial charge on any atom is -0.368 e. The topological polar surface area (TPSA) is 89.0 Å². The van der Waals surface area contributed by atoms with E-state index in [1.165, 1.54) is 6.42 Å². The molecule has 1 unspecified atom stereocenters. The lowest BCUT2D eigenvalue weighted by molar-refractivity contribution is 0.257. The van der Waals surface area contributed by atoms with E-state index in [1.54, 1.807) is 23.3 Å². The second kappa shape index (κ2) is 5.65. The van der Waals surface area contributed by atoms with Crippen molar-refractivity contribution in [2.75, 3.05) is 37.8 Å². The molecule has 0 aromatic carbocycles. The fraction of sp³-hybridized carbons (Fsp3) is 0.538. The average Bonchev–Trinajstić information content (AvgIpc) is 3.01. The summed E-state index contributed by atoms with van der Waals surface area (Å²) < 4.78 is 1.73. The molecule has 2 N–H and O–H groups in total. The van der Waals surface area contributed by atoms with Crippen LogP contribution in [0.15, 0.2) is 18.7 Å². The number of hydrogen-bond acceptors (Lipinski definition) is 7. The number of rotatable bonds is 3. The van der Waals surface area contributed by atoms with E-state index in [0.717, 1.165) is 19.5 Å². The Morgan fingerprint density at radius 2 is 2.05 bits per heavy atom. The third-order valence-corrected chi connectivity index (χ3v) is 3.77. The molecule has 112 valence electrons. The fourth-order valence-corrected chi connectivity index (χ4v) is 2.56. The predicted octanol–water partition coefficient (Wildman–Crippen LogP) is 0.170. The summed E-state index contributed by atoms with van der Waals surface area (Å²) in [5, 5.41) is 0. The molecule has 1 aliphatic rings. The summed E-state index contributed by atoms with van der Waals surface area (Å²) in [6.45, 7) is 1.84. The van der Waals surface area contributed by atoms with E-state index >= 15 is 0 Å². The van der Waals surface area contributed by atoms with Crippen molar-refractivity contribution in [2.24, 2.45) is 0 Å². The highest BCUT2D eigenvalue weighted by atomic mass is 15.3. The van der Waals surface area contributed by atoms with Gasteiger partial charge >= 0.3 is 0 Å². The van der Waals surface area contributed by atoms with E-state index in [9.17, 15) is 0 Å². The van der Waals surface area contributed by atoms with Gasteiger partial charge in [0.25, 0.3) is 0 Å². The largest absolute Gasteiger partial charge is 0.368 e. The minimum absolute atomic E-state index is 0.232. The number of piperidine rings is 1. The molecule has 0 saturated carbocycles. The summed E-state index contributed by atoms with van der Waals surface area (Å²) in [6.07, 6.45) is 7.44. The quantitative estimate of drug-likeness (QED) is 0.861. The third-order valence-electron chi connectivity index (χ3n) is 3.77. The summed E-state index contributed by atoms with van der Waals surface area (Å²) in [4.78, 5) is 21.4. The lowest BCUT2D eigenvalue weighted by Crippen LogP contribution is -2.45. The van der Waals surface area contributed by atoms with Gasteiger partial charge in [-0.25, -0.2) is 4.98 Å². The van der Waals surface area contributed by atoms with Gasteiger partial charge in [0.15, 0.2) is 0 Å². The summed E-state index contributed by atoms with van der Waals surface area (Å²) in [6, 6.07) is 0.508. The number of aromatic nitrogens is 5. The molecule has 2 aromatic heterocycles. The van der Waals surface area contributed by atoms with E-state index in [2.05, 4.69) is 43.8 Å². The lowest BCUT2D eigenvalue weighted by Gasteiger charge is -2.36. The Bertz CT molecular complexity index is 594. The number of nitrogen functional groups attached to an aromatic ring is 1. The summed E-state index contributed by atoms with van der Waals surface area (Å²) in [5.41, 5.74) is 5.83. The second-order valence-corrected chi connectivity index (χ2v) is 5.47. The van der Waals surface area contributed by atoms with Gasteiger partial charge in [0.2, 0.25) is 17.8 Å². The van der Waals surface area contributed by atoms with Gasteiger partial charge in [-0.15, -0.1) is 0 Å². The van der Waals surface area contributed by atoms with Gasteiger partial charge in [-0.1, -0.05) is 0 Å². The van der Waals surface area contributed by atoms with Crippen LogP contribution < -0.4 is 10.6 Å². The lowest BCUT2D eigenvalue weighted by atomic mass is 10.1.